The molecule has 0 aliphatic rings. The number of rotatable bonds is 4. The molecule has 0 atom stereocenters. The van der Waals surface area contributed by atoms with Crippen LogP contribution in [0.5, 0.6) is 11.5 Å². The molecule has 0 aliphatic carbocycles. The Kier molecular flexibility index (Phi) is 6.03. The van der Waals surface area contributed by atoms with Crippen LogP contribution in [0, 0.1) is 0 Å². The number of ether oxygens (including phenoxy) is 1. The van der Waals surface area contributed by atoms with E-state index in [1.54, 1.807) is 19.2 Å². The normalized spacial score (nSPS) is 11.6. The fourth-order valence-electron chi connectivity index (χ4n) is 4.69. The van der Waals surface area contributed by atoms with Gasteiger partial charge < -0.3 is 14.8 Å². The van der Waals surface area contributed by atoms with Crippen LogP contribution in [0.2, 0.25) is 0 Å². The summed E-state index contributed by atoms with van der Waals surface area (Å²) in [5, 5.41) is 13.7. The highest BCUT2D eigenvalue weighted by atomic mass is 35.5. The van der Waals surface area contributed by atoms with Gasteiger partial charge in [0, 0.05) is 6.07 Å². The van der Waals surface area contributed by atoms with E-state index in [0.29, 0.717) is 33.4 Å². The minimum atomic E-state index is -4.46. The van der Waals surface area contributed by atoms with Gasteiger partial charge in [-0.05, 0) is 51.6 Å². The summed E-state index contributed by atoms with van der Waals surface area (Å²) < 4.78 is 38.2. The van der Waals surface area contributed by atoms with Gasteiger partial charge >= 0.3 is 0 Å². The maximum atomic E-state index is 11.6. The highest BCUT2D eigenvalue weighted by Gasteiger charge is 2.18. The standard InChI is InChI=1S/C28H20N2O5S.ClH/c1-35-25-14-17(21-8-4-6-16-5-2-3-7-20(16)21)9-11-22(25)28-29-23-12-10-18-13-19(36(32,33)34)15-24(31)26(18)27(23)30-28;/h2-15,31H,1H3,(H,29,30)(H,32,33,34);1H. The van der Waals surface area contributed by atoms with Crippen molar-refractivity contribution >= 4 is 55.1 Å². The van der Waals surface area contributed by atoms with Crippen LogP contribution in [0.4, 0.5) is 0 Å². The summed E-state index contributed by atoms with van der Waals surface area (Å²) >= 11 is 0. The van der Waals surface area contributed by atoms with Gasteiger partial charge in [-0.3, -0.25) is 4.55 Å². The summed E-state index contributed by atoms with van der Waals surface area (Å²) in [5.74, 6) is 0.876. The van der Waals surface area contributed by atoms with Gasteiger partial charge in [0.15, 0.2) is 0 Å². The summed E-state index contributed by atoms with van der Waals surface area (Å²) in [7, 11) is -2.86. The molecule has 3 N–H and O–H groups in total. The van der Waals surface area contributed by atoms with Crippen molar-refractivity contribution in [2.24, 2.45) is 0 Å². The van der Waals surface area contributed by atoms with E-state index >= 15 is 0 Å². The Balaban J connectivity index is 0.00000280. The predicted molar refractivity (Wildman–Crippen MR) is 147 cm³/mol. The van der Waals surface area contributed by atoms with E-state index in [0.717, 1.165) is 33.5 Å². The number of phenolic OH excluding ortho intramolecular Hbond substituents is 1. The Morgan fingerprint density at radius 2 is 1.65 bits per heavy atom. The zero-order chi connectivity index (χ0) is 25.0. The molecular formula is C28H21ClN2O5S. The molecule has 0 bridgehead atoms. The quantitative estimate of drug-likeness (QED) is 0.221. The molecule has 37 heavy (non-hydrogen) atoms. The number of hydrogen-bond acceptors (Lipinski definition) is 5. The molecular weight excluding hydrogens is 512 g/mol. The molecule has 0 unspecified atom stereocenters. The number of aromatic nitrogens is 2. The number of phenols is 1. The minimum absolute atomic E-state index is 0. The summed E-state index contributed by atoms with van der Waals surface area (Å²) in [5.41, 5.74) is 3.96. The first-order valence-corrected chi connectivity index (χ1v) is 12.6. The van der Waals surface area contributed by atoms with E-state index in [1.807, 2.05) is 36.4 Å². The third kappa shape index (κ3) is 4.15. The van der Waals surface area contributed by atoms with Crippen LogP contribution in [0.3, 0.4) is 0 Å². The molecule has 6 aromatic rings. The first-order chi connectivity index (χ1) is 17.3. The highest BCUT2D eigenvalue weighted by Crippen LogP contribution is 2.39. The van der Waals surface area contributed by atoms with Gasteiger partial charge in [-0.1, -0.05) is 54.6 Å². The van der Waals surface area contributed by atoms with Crippen molar-refractivity contribution < 1.29 is 22.8 Å². The first-order valence-electron chi connectivity index (χ1n) is 11.1. The van der Waals surface area contributed by atoms with Gasteiger partial charge in [0.2, 0.25) is 0 Å². The molecule has 1 heterocycles. The molecule has 186 valence electrons. The van der Waals surface area contributed by atoms with Gasteiger partial charge in [-0.15, -0.1) is 12.4 Å². The Bertz CT molecular complexity index is 1930. The number of hydrogen-bond donors (Lipinski definition) is 3. The number of nitrogens with zero attached hydrogens (tertiary/aromatic N) is 1. The molecule has 0 radical (unpaired) electrons. The van der Waals surface area contributed by atoms with Crippen molar-refractivity contribution in [3.05, 3.63) is 84.9 Å². The summed E-state index contributed by atoms with van der Waals surface area (Å²) in [4.78, 5) is 7.61. The maximum absolute atomic E-state index is 11.6. The van der Waals surface area contributed by atoms with Crippen LogP contribution in [-0.2, 0) is 10.1 Å². The van der Waals surface area contributed by atoms with Crippen LogP contribution in [0.15, 0.2) is 89.8 Å². The number of aromatic hydroxyl groups is 1. The summed E-state index contributed by atoms with van der Waals surface area (Å²) in [6.07, 6.45) is 0. The Morgan fingerprint density at radius 3 is 2.43 bits per heavy atom. The van der Waals surface area contributed by atoms with Crippen LogP contribution in [0.1, 0.15) is 0 Å². The molecule has 9 heteroatoms. The molecule has 0 amide bonds. The lowest BCUT2D eigenvalue weighted by Crippen LogP contribution is -1.97. The predicted octanol–water partition coefficient (Wildman–Crippen LogP) is 6.59. The van der Waals surface area contributed by atoms with Gasteiger partial charge in [0.1, 0.15) is 22.8 Å². The van der Waals surface area contributed by atoms with Crippen LogP contribution < -0.4 is 4.74 Å². The first kappa shape index (κ1) is 24.6. The van der Waals surface area contributed by atoms with Gasteiger partial charge in [-0.25, -0.2) is 4.98 Å². The van der Waals surface area contributed by atoms with Gasteiger partial charge in [0.25, 0.3) is 10.1 Å². The third-order valence-electron chi connectivity index (χ3n) is 6.37. The lowest BCUT2D eigenvalue weighted by molar-refractivity contribution is 0.416. The second-order valence-corrected chi connectivity index (χ2v) is 9.93. The van der Waals surface area contributed by atoms with Crippen molar-refractivity contribution in [1.82, 2.24) is 9.97 Å². The van der Waals surface area contributed by atoms with Gasteiger partial charge in [-0.2, -0.15) is 8.42 Å². The molecule has 0 spiro atoms. The number of methoxy groups -OCH3 is 1. The molecule has 1 aromatic heterocycles. The van der Waals surface area contributed by atoms with Crippen LogP contribution in [0.25, 0.3) is 55.1 Å². The average Bonchev–Trinajstić information content (AvgIpc) is 3.31. The molecule has 0 fully saturated rings. The Hall–Kier alpha value is -4.11. The fraction of sp³-hybridized carbons (Fsp3) is 0.0357. The number of halogens is 1. The van der Waals surface area contributed by atoms with E-state index in [1.165, 1.54) is 6.07 Å². The zero-order valence-corrected chi connectivity index (χ0v) is 21.1. The lowest BCUT2D eigenvalue weighted by atomic mass is 9.97. The number of benzene rings is 5. The second-order valence-electron chi connectivity index (χ2n) is 8.50. The van der Waals surface area contributed by atoms with Crippen molar-refractivity contribution in [1.29, 1.82) is 0 Å². The topological polar surface area (TPSA) is 113 Å². The Labute approximate surface area is 218 Å². The van der Waals surface area contributed by atoms with Crippen molar-refractivity contribution in [3.8, 4) is 34.0 Å². The van der Waals surface area contributed by atoms with Crippen molar-refractivity contribution in [2.45, 2.75) is 4.90 Å². The molecule has 0 saturated carbocycles. The van der Waals surface area contributed by atoms with E-state index in [9.17, 15) is 18.1 Å². The lowest BCUT2D eigenvalue weighted by Gasteiger charge is -2.11. The summed E-state index contributed by atoms with van der Waals surface area (Å²) in [6.45, 7) is 0. The monoisotopic (exact) mass is 532 g/mol. The van der Waals surface area contributed by atoms with Gasteiger partial charge in [0.05, 0.1) is 28.5 Å². The maximum Gasteiger partial charge on any atom is 0.294 e. The van der Waals surface area contributed by atoms with Crippen molar-refractivity contribution in [3.63, 3.8) is 0 Å². The molecule has 0 saturated heterocycles. The van der Waals surface area contributed by atoms with Crippen molar-refractivity contribution in [2.75, 3.05) is 7.11 Å². The number of aromatic amines is 1. The van der Waals surface area contributed by atoms with E-state index in [-0.39, 0.29) is 23.1 Å². The zero-order valence-electron chi connectivity index (χ0n) is 19.5. The number of nitrogens with one attached hydrogen (secondary N) is 1. The van der Waals surface area contributed by atoms with Crippen LogP contribution in [-0.4, -0.2) is 35.2 Å². The number of H-pyrrole nitrogens is 1. The molecule has 5 aromatic carbocycles. The van der Waals surface area contributed by atoms with E-state index in [2.05, 4.69) is 29.2 Å². The second kappa shape index (κ2) is 9.08. The smallest absolute Gasteiger partial charge is 0.294 e. The molecule has 6 rings (SSSR count). The number of fused-ring (bicyclic) bond motifs is 4. The largest absolute Gasteiger partial charge is 0.507 e. The minimum Gasteiger partial charge on any atom is -0.507 e. The molecule has 7 nitrogen and oxygen atoms in total. The third-order valence-corrected chi connectivity index (χ3v) is 7.21. The highest BCUT2D eigenvalue weighted by molar-refractivity contribution is 7.85. The van der Waals surface area contributed by atoms with E-state index < -0.39 is 10.1 Å². The van der Waals surface area contributed by atoms with Crippen LogP contribution >= 0.6 is 12.4 Å². The fourth-order valence-corrected chi connectivity index (χ4v) is 5.23. The number of imidazole rings is 1. The SMILES string of the molecule is COc1cc(-c2cccc3ccccc23)ccc1-c1nc2c(ccc3cc(S(=O)(=O)O)cc(O)c32)[nH]1.Cl. The average molecular weight is 533 g/mol. The van der Waals surface area contributed by atoms with E-state index in [4.69, 9.17) is 9.72 Å². The Morgan fingerprint density at radius 1 is 0.865 bits per heavy atom. The molecule has 0 aliphatic heterocycles. The summed E-state index contributed by atoms with van der Waals surface area (Å²) in [6, 6.07) is 26.1.